The lowest BCUT2D eigenvalue weighted by Crippen LogP contribution is -2.13. The minimum absolute atomic E-state index is 0.0579. The molecule has 3 rings (SSSR count). The van der Waals surface area contributed by atoms with E-state index >= 15 is 0 Å². The summed E-state index contributed by atoms with van der Waals surface area (Å²) in [6.45, 7) is 6.13. The number of ketones is 1. The number of nitrogens with zero attached hydrogens (tertiary/aromatic N) is 2. The smallest absolute Gasteiger partial charge is 0.167 e. The minimum Gasteiger partial charge on any atom is -0.493 e. The van der Waals surface area contributed by atoms with E-state index < -0.39 is 0 Å². The molecule has 2 heterocycles. The predicted octanol–water partition coefficient (Wildman–Crippen LogP) is 4.26. The van der Waals surface area contributed by atoms with E-state index in [1.54, 1.807) is 26.6 Å². The Hall–Kier alpha value is -2.89. The summed E-state index contributed by atoms with van der Waals surface area (Å²) in [5, 5.41) is 0. The molecule has 0 aliphatic carbocycles. The third-order valence-electron chi connectivity index (χ3n) is 4.05. The molecule has 0 aliphatic heterocycles. The lowest BCUT2D eigenvalue weighted by atomic mass is 9.88. The fraction of sp³-hybridized carbons (Fsp3) is 0.350. The zero-order chi connectivity index (χ0) is 18.9. The first-order valence-electron chi connectivity index (χ1n) is 8.42. The highest BCUT2D eigenvalue weighted by Gasteiger charge is 2.21. The normalized spacial score (nSPS) is 11.6. The van der Waals surface area contributed by atoms with Gasteiger partial charge in [0, 0.05) is 18.2 Å². The number of H-pyrrole nitrogens is 1. The van der Waals surface area contributed by atoms with Crippen molar-refractivity contribution in [2.45, 2.75) is 27.2 Å². The van der Waals surface area contributed by atoms with E-state index in [1.807, 2.05) is 39.0 Å². The van der Waals surface area contributed by atoms with E-state index in [1.165, 1.54) is 0 Å². The largest absolute Gasteiger partial charge is 0.493 e. The SMILES string of the molecule is COc1ccc(-c2cnc3[nH]cc(C(=O)CC(C)(C)C)c3n2)cc1OC. The Balaban J connectivity index is 2.04. The second-order valence-electron chi connectivity index (χ2n) is 7.39. The Morgan fingerprint density at radius 2 is 1.88 bits per heavy atom. The maximum absolute atomic E-state index is 12.6. The summed E-state index contributed by atoms with van der Waals surface area (Å²) >= 11 is 0. The fourth-order valence-electron chi connectivity index (χ4n) is 2.82. The molecule has 0 atom stereocenters. The average Bonchev–Trinajstić information content (AvgIpc) is 3.02. The number of ether oxygens (including phenoxy) is 2. The number of rotatable bonds is 5. The van der Waals surface area contributed by atoms with E-state index in [9.17, 15) is 4.79 Å². The second kappa shape index (κ2) is 6.78. The van der Waals surface area contributed by atoms with Crippen LogP contribution in [0.25, 0.3) is 22.4 Å². The predicted molar refractivity (Wildman–Crippen MR) is 101 cm³/mol. The molecule has 0 unspecified atom stereocenters. The summed E-state index contributed by atoms with van der Waals surface area (Å²) in [6, 6.07) is 5.56. The number of fused-ring (bicyclic) bond motifs is 1. The lowest BCUT2D eigenvalue weighted by molar-refractivity contribution is 0.0941. The molecule has 0 radical (unpaired) electrons. The fourth-order valence-corrected chi connectivity index (χ4v) is 2.82. The van der Waals surface area contributed by atoms with Gasteiger partial charge >= 0.3 is 0 Å². The van der Waals surface area contributed by atoms with E-state index in [2.05, 4.69) is 15.0 Å². The number of carbonyl (C=O) groups is 1. The topological polar surface area (TPSA) is 77.1 Å². The Kier molecular flexibility index (Phi) is 4.68. The molecule has 0 bridgehead atoms. The van der Waals surface area contributed by atoms with Crippen molar-refractivity contribution in [1.29, 1.82) is 0 Å². The molecule has 3 aromatic rings. The number of nitrogens with one attached hydrogen (secondary N) is 1. The monoisotopic (exact) mass is 353 g/mol. The Bertz CT molecular complexity index is 955. The summed E-state index contributed by atoms with van der Waals surface area (Å²) < 4.78 is 10.6. The molecular formula is C20H23N3O3. The van der Waals surface area contributed by atoms with E-state index in [0.717, 1.165) is 5.56 Å². The van der Waals surface area contributed by atoms with Crippen molar-refractivity contribution in [3.63, 3.8) is 0 Å². The van der Waals surface area contributed by atoms with Gasteiger partial charge < -0.3 is 14.5 Å². The van der Waals surface area contributed by atoms with E-state index in [-0.39, 0.29) is 11.2 Å². The van der Waals surface area contributed by atoms with Crippen LogP contribution in [0.2, 0.25) is 0 Å². The Morgan fingerprint density at radius 3 is 2.54 bits per heavy atom. The molecule has 0 spiro atoms. The van der Waals surface area contributed by atoms with E-state index in [4.69, 9.17) is 9.47 Å². The minimum atomic E-state index is -0.0882. The number of aromatic nitrogens is 3. The van der Waals surface area contributed by atoms with Crippen LogP contribution in [0.4, 0.5) is 0 Å². The number of benzene rings is 1. The first-order valence-corrected chi connectivity index (χ1v) is 8.42. The van der Waals surface area contributed by atoms with Crippen LogP contribution >= 0.6 is 0 Å². The van der Waals surface area contributed by atoms with Gasteiger partial charge in [-0.3, -0.25) is 4.79 Å². The molecule has 0 saturated heterocycles. The van der Waals surface area contributed by atoms with Crippen LogP contribution in [0.3, 0.4) is 0 Å². The van der Waals surface area contributed by atoms with Crippen molar-refractivity contribution >= 4 is 16.9 Å². The number of methoxy groups -OCH3 is 2. The Labute approximate surface area is 152 Å². The maximum atomic E-state index is 12.6. The highest BCUT2D eigenvalue weighted by molar-refractivity contribution is 6.06. The average molecular weight is 353 g/mol. The van der Waals surface area contributed by atoms with Gasteiger partial charge in [-0.05, 0) is 23.6 Å². The standard InChI is InChI=1S/C20H23N3O3/c1-20(2,3)9-15(24)13-10-21-19-18(13)23-14(11-22-19)12-6-7-16(25-4)17(8-12)26-5/h6-8,10-11H,9H2,1-5H3,(H,21,22). The van der Waals surface area contributed by atoms with Gasteiger partial charge in [-0.15, -0.1) is 0 Å². The zero-order valence-electron chi connectivity index (χ0n) is 15.7. The molecule has 0 aliphatic rings. The maximum Gasteiger partial charge on any atom is 0.167 e. The third kappa shape index (κ3) is 3.54. The number of aromatic amines is 1. The highest BCUT2D eigenvalue weighted by atomic mass is 16.5. The van der Waals surface area contributed by atoms with Gasteiger partial charge in [0.25, 0.3) is 0 Å². The first-order chi connectivity index (χ1) is 12.3. The molecule has 26 heavy (non-hydrogen) atoms. The molecule has 136 valence electrons. The third-order valence-corrected chi connectivity index (χ3v) is 4.05. The summed E-state index contributed by atoms with van der Waals surface area (Å²) in [6.07, 6.45) is 3.82. The molecular weight excluding hydrogens is 330 g/mol. The van der Waals surface area contributed by atoms with Gasteiger partial charge in [0.05, 0.1) is 31.7 Å². The van der Waals surface area contributed by atoms with Gasteiger partial charge in [-0.25, -0.2) is 9.97 Å². The zero-order valence-corrected chi connectivity index (χ0v) is 15.7. The van der Waals surface area contributed by atoms with Crippen LogP contribution in [-0.2, 0) is 0 Å². The number of Topliss-reactive ketones (excluding diaryl/α,β-unsaturated/α-hetero) is 1. The number of hydrogen-bond donors (Lipinski definition) is 1. The van der Waals surface area contributed by atoms with Crippen LogP contribution in [0.1, 0.15) is 37.6 Å². The molecule has 1 N–H and O–H groups in total. The van der Waals surface area contributed by atoms with Gasteiger partial charge in [0.1, 0.15) is 5.52 Å². The van der Waals surface area contributed by atoms with Crippen LogP contribution in [0.15, 0.2) is 30.6 Å². The Morgan fingerprint density at radius 1 is 1.15 bits per heavy atom. The summed E-state index contributed by atoms with van der Waals surface area (Å²) in [5.41, 5.74) is 3.19. The van der Waals surface area contributed by atoms with Crippen molar-refractivity contribution in [3.8, 4) is 22.8 Å². The van der Waals surface area contributed by atoms with Gasteiger partial charge in [0.15, 0.2) is 22.9 Å². The molecule has 6 heteroatoms. The molecule has 6 nitrogen and oxygen atoms in total. The van der Waals surface area contributed by atoms with Crippen LogP contribution in [-0.4, -0.2) is 35.0 Å². The summed E-state index contributed by atoms with van der Waals surface area (Å²) in [5.74, 6) is 1.32. The second-order valence-corrected chi connectivity index (χ2v) is 7.39. The van der Waals surface area contributed by atoms with Crippen molar-refractivity contribution in [3.05, 3.63) is 36.2 Å². The van der Waals surface area contributed by atoms with Crippen molar-refractivity contribution in [2.75, 3.05) is 14.2 Å². The van der Waals surface area contributed by atoms with Gasteiger partial charge in [-0.2, -0.15) is 0 Å². The van der Waals surface area contributed by atoms with Crippen molar-refractivity contribution < 1.29 is 14.3 Å². The molecule has 1 aromatic carbocycles. The molecule has 0 amide bonds. The van der Waals surface area contributed by atoms with Gasteiger partial charge in [-0.1, -0.05) is 20.8 Å². The van der Waals surface area contributed by atoms with Crippen LogP contribution < -0.4 is 9.47 Å². The molecule has 0 fully saturated rings. The van der Waals surface area contributed by atoms with Crippen molar-refractivity contribution in [1.82, 2.24) is 15.0 Å². The summed E-state index contributed by atoms with van der Waals surface area (Å²) in [7, 11) is 3.18. The van der Waals surface area contributed by atoms with Crippen molar-refractivity contribution in [2.24, 2.45) is 5.41 Å². The first kappa shape index (κ1) is 17.9. The van der Waals surface area contributed by atoms with Crippen LogP contribution in [0.5, 0.6) is 11.5 Å². The lowest BCUT2D eigenvalue weighted by Gasteiger charge is -2.16. The quantitative estimate of drug-likeness (QED) is 0.694. The molecule has 2 aromatic heterocycles. The highest BCUT2D eigenvalue weighted by Crippen LogP contribution is 2.32. The number of carbonyl (C=O) groups excluding carboxylic acids is 1. The summed E-state index contributed by atoms with van der Waals surface area (Å²) in [4.78, 5) is 24.8. The molecule has 0 saturated carbocycles. The van der Waals surface area contributed by atoms with E-state index in [0.29, 0.717) is 40.3 Å². The van der Waals surface area contributed by atoms with Crippen LogP contribution in [0, 0.1) is 5.41 Å². The number of hydrogen-bond acceptors (Lipinski definition) is 5. The van der Waals surface area contributed by atoms with Gasteiger partial charge in [0.2, 0.25) is 0 Å².